The molecule has 0 aromatic heterocycles. The van der Waals surface area contributed by atoms with Crippen molar-refractivity contribution in [2.75, 3.05) is 19.6 Å². The van der Waals surface area contributed by atoms with E-state index in [1.807, 2.05) is 20.8 Å². The summed E-state index contributed by atoms with van der Waals surface area (Å²) >= 11 is 0. The van der Waals surface area contributed by atoms with Crippen molar-refractivity contribution in [2.45, 2.75) is 45.2 Å². The van der Waals surface area contributed by atoms with Gasteiger partial charge in [0.25, 0.3) is 10.2 Å². The molecule has 2 unspecified atom stereocenters. The van der Waals surface area contributed by atoms with Crippen molar-refractivity contribution in [1.82, 2.24) is 14.3 Å². The fourth-order valence-corrected chi connectivity index (χ4v) is 4.30. The van der Waals surface area contributed by atoms with Crippen molar-refractivity contribution in [1.29, 1.82) is 0 Å². The van der Waals surface area contributed by atoms with Gasteiger partial charge in [0, 0.05) is 24.7 Å². The summed E-state index contributed by atoms with van der Waals surface area (Å²) in [6.07, 6.45) is 2.29. The fourth-order valence-electron chi connectivity index (χ4n) is 2.65. The van der Waals surface area contributed by atoms with E-state index in [1.165, 1.54) is 0 Å². The van der Waals surface area contributed by atoms with Crippen molar-refractivity contribution >= 4 is 10.2 Å². The maximum atomic E-state index is 12.2. The Morgan fingerprint density at radius 1 is 1.29 bits per heavy atom. The van der Waals surface area contributed by atoms with E-state index in [0.29, 0.717) is 25.0 Å². The monoisotopic (exact) mass is 261 g/mol. The first-order valence-electron chi connectivity index (χ1n) is 6.30. The summed E-state index contributed by atoms with van der Waals surface area (Å²) in [7, 11) is -3.33. The molecule has 2 saturated heterocycles. The molecule has 0 radical (unpaired) electrons. The van der Waals surface area contributed by atoms with Crippen LogP contribution < -0.4 is 10.0 Å². The minimum absolute atomic E-state index is 0.347. The molecule has 6 heteroatoms. The molecule has 0 aliphatic carbocycles. The van der Waals surface area contributed by atoms with Crippen molar-refractivity contribution in [3.8, 4) is 0 Å². The Bertz CT molecular complexity index is 361. The molecule has 5 nitrogen and oxygen atoms in total. The molecular weight excluding hydrogens is 238 g/mol. The van der Waals surface area contributed by atoms with E-state index in [9.17, 15) is 8.42 Å². The van der Waals surface area contributed by atoms with Crippen LogP contribution in [0, 0.1) is 5.92 Å². The van der Waals surface area contributed by atoms with Gasteiger partial charge in [-0.05, 0) is 46.1 Å². The average molecular weight is 261 g/mol. The predicted octanol–water partition coefficient (Wildman–Crippen LogP) is 0.303. The maximum absolute atomic E-state index is 12.2. The number of hydrogen-bond acceptors (Lipinski definition) is 3. The van der Waals surface area contributed by atoms with E-state index in [1.54, 1.807) is 4.31 Å². The number of fused-ring (bicyclic) bond motifs is 1. The highest BCUT2D eigenvalue weighted by molar-refractivity contribution is 7.87. The molecule has 0 bridgehead atoms. The summed E-state index contributed by atoms with van der Waals surface area (Å²) in [5.74, 6) is 0.486. The van der Waals surface area contributed by atoms with Gasteiger partial charge in [-0.3, -0.25) is 0 Å². The summed E-state index contributed by atoms with van der Waals surface area (Å²) in [5, 5.41) is 3.41. The van der Waals surface area contributed by atoms with E-state index in [0.717, 1.165) is 19.4 Å². The second-order valence-corrected chi connectivity index (χ2v) is 7.81. The molecule has 2 N–H and O–H groups in total. The van der Waals surface area contributed by atoms with Gasteiger partial charge >= 0.3 is 0 Å². The van der Waals surface area contributed by atoms with Crippen LogP contribution in [0.3, 0.4) is 0 Å². The van der Waals surface area contributed by atoms with Crippen molar-refractivity contribution in [2.24, 2.45) is 5.92 Å². The van der Waals surface area contributed by atoms with E-state index in [4.69, 9.17) is 0 Å². The van der Waals surface area contributed by atoms with E-state index >= 15 is 0 Å². The van der Waals surface area contributed by atoms with Crippen molar-refractivity contribution in [3.05, 3.63) is 0 Å². The van der Waals surface area contributed by atoms with Crippen LogP contribution in [0.4, 0.5) is 0 Å². The maximum Gasteiger partial charge on any atom is 0.279 e. The number of rotatable bonds is 2. The van der Waals surface area contributed by atoms with Crippen LogP contribution in [0.5, 0.6) is 0 Å². The summed E-state index contributed by atoms with van der Waals surface area (Å²) in [4.78, 5) is 0. The molecule has 2 atom stereocenters. The lowest BCUT2D eigenvalue weighted by atomic mass is 9.94. The van der Waals surface area contributed by atoms with E-state index in [2.05, 4.69) is 10.0 Å². The summed E-state index contributed by atoms with van der Waals surface area (Å²) < 4.78 is 28.7. The summed E-state index contributed by atoms with van der Waals surface area (Å²) in [5.41, 5.74) is -0.417. The van der Waals surface area contributed by atoms with Gasteiger partial charge in [-0.15, -0.1) is 0 Å². The van der Waals surface area contributed by atoms with Gasteiger partial charge in [0.05, 0.1) is 0 Å². The Kier molecular flexibility index (Phi) is 3.51. The van der Waals surface area contributed by atoms with E-state index < -0.39 is 15.7 Å². The number of nitrogens with one attached hydrogen (secondary N) is 2. The third kappa shape index (κ3) is 3.19. The molecule has 0 spiro atoms. The van der Waals surface area contributed by atoms with Crippen LogP contribution in [-0.2, 0) is 10.2 Å². The van der Waals surface area contributed by atoms with Gasteiger partial charge < -0.3 is 5.32 Å². The van der Waals surface area contributed by atoms with E-state index in [-0.39, 0.29) is 0 Å². The third-order valence-corrected chi connectivity index (χ3v) is 5.19. The van der Waals surface area contributed by atoms with Crippen molar-refractivity contribution < 1.29 is 8.42 Å². The Morgan fingerprint density at radius 3 is 2.59 bits per heavy atom. The summed E-state index contributed by atoms with van der Waals surface area (Å²) in [6.45, 7) is 7.88. The Balaban J connectivity index is 2.04. The molecular formula is C11H23N3O2S. The molecule has 2 aliphatic rings. The molecule has 2 aliphatic heterocycles. The van der Waals surface area contributed by atoms with Gasteiger partial charge in [0.15, 0.2) is 0 Å². The van der Waals surface area contributed by atoms with Gasteiger partial charge in [-0.2, -0.15) is 17.4 Å². The molecule has 0 aromatic rings. The first kappa shape index (κ1) is 13.3. The highest BCUT2D eigenvalue weighted by Crippen LogP contribution is 2.26. The average Bonchev–Trinajstić information content (AvgIpc) is 2.57. The zero-order chi connectivity index (χ0) is 12.7. The molecule has 2 rings (SSSR count). The standard InChI is InChI=1S/C11H23N3O2S/c1-11(2,3)13-17(15,16)14-7-9-5-4-6-12-10(9)8-14/h9-10,12-13H,4-8H2,1-3H3. The van der Waals surface area contributed by atoms with Crippen LogP contribution >= 0.6 is 0 Å². The normalized spacial score (nSPS) is 31.5. The number of piperidine rings is 1. The minimum atomic E-state index is -3.33. The van der Waals surface area contributed by atoms with Crippen LogP contribution in [0.1, 0.15) is 33.6 Å². The van der Waals surface area contributed by atoms with Gasteiger partial charge in [-0.25, -0.2) is 0 Å². The zero-order valence-electron chi connectivity index (χ0n) is 10.9. The van der Waals surface area contributed by atoms with Gasteiger partial charge in [-0.1, -0.05) is 0 Å². The predicted molar refractivity (Wildman–Crippen MR) is 67.9 cm³/mol. The molecule has 0 amide bonds. The smallest absolute Gasteiger partial charge is 0.279 e. The topological polar surface area (TPSA) is 61.4 Å². The number of nitrogens with zero attached hydrogens (tertiary/aromatic N) is 1. The van der Waals surface area contributed by atoms with Crippen molar-refractivity contribution in [3.63, 3.8) is 0 Å². The third-order valence-electron chi connectivity index (χ3n) is 3.34. The molecule has 100 valence electrons. The Hall–Kier alpha value is -0.170. The fraction of sp³-hybridized carbons (Fsp3) is 1.00. The molecule has 2 fully saturated rings. The largest absolute Gasteiger partial charge is 0.312 e. The lowest BCUT2D eigenvalue weighted by molar-refractivity contribution is 0.339. The van der Waals surface area contributed by atoms with Crippen LogP contribution in [-0.4, -0.2) is 43.9 Å². The zero-order valence-corrected chi connectivity index (χ0v) is 11.7. The second kappa shape index (κ2) is 4.50. The first-order valence-corrected chi connectivity index (χ1v) is 7.74. The lowest BCUT2D eigenvalue weighted by Gasteiger charge is -2.25. The molecule has 2 heterocycles. The Morgan fingerprint density at radius 2 is 2.00 bits per heavy atom. The van der Waals surface area contributed by atoms with Gasteiger partial charge in [0.1, 0.15) is 0 Å². The van der Waals surface area contributed by atoms with Crippen LogP contribution in [0.15, 0.2) is 0 Å². The quantitative estimate of drug-likeness (QED) is 0.752. The molecule has 0 saturated carbocycles. The highest BCUT2D eigenvalue weighted by atomic mass is 32.2. The minimum Gasteiger partial charge on any atom is -0.312 e. The molecule has 17 heavy (non-hydrogen) atoms. The van der Waals surface area contributed by atoms with Gasteiger partial charge in [0.2, 0.25) is 0 Å². The SMILES string of the molecule is CC(C)(C)NS(=O)(=O)N1CC2CCCNC2C1. The van der Waals surface area contributed by atoms with Crippen LogP contribution in [0.2, 0.25) is 0 Å². The highest BCUT2D eigenvalue weighted by Gasteiger charge is 2.40. The Labute approximate surface area is 104 Å². The second-order valence-electron chi connectivity index (χ2n) is 6.14. The summed E-state index contributed by atoms with van der Waals surface area (Å²) in [6, 6.07) is 0.347. The number of hydrogen-bond donors (Lipinski definition) is 2. The lowest BCUT2D eigenvalue weighted by Crippen LogP contribution is -2.48. The van der Waals surface area contributed by atoms with Crippen LogP contribution in [0.25, 0.3) is 0 Å². The first-order chi connectivity index (χ1) is 7.78. The molecule has 0 aromatic carbocycles.